The first-order valence-electron chi connectivity index (χ1n) is 4.59. The van der Waals surface area contributed by atoms with E-state index in [9.17, 15) is 5.11 Å². The summed E-state index contributed by atoms with van der Waals surface area (Å²) in [5.41, 5.74) is 1.08. The molecular weight excluding hydrogens is 176 g/mol. The van der Waals surface area contributed by atoms with Crippen LogP contribution in [0.1, 0.15) is 17.9 Å². The average molecular weight is 188 g/mol. The average Bonchev–Trinajstić information content (AvgIpc) is 2.46. The molecule has 72 valence electrons. The minimum atomic E-state index is 0.281. The van der Waals surface area contributed by atoms with Crippen molar-refractivity contribution >= 4 is 5.57 Å². The Morgan fingerprint density at radius 2 is 2.14 bits per heavy atom. The molecule has 0 aliphatic heterocycles. The second-order valence-corrected chi connectivity index (χ2v) is 3.30. The summed E-state index contributed by atoms with van der Waals surface area (Å²) in [7, 11) is 0. The molecule has 0 radical (unpaired) electrons. The van der Waals surface area contributed by atoms with Gasteiger partial charge in [-0.25, -0.2) is 0 Å². The lowest BCUT2D eigenvalue weighted by Crippen LogP contribution is -1.77. The summed E-state index contributed by atoms with van der Waals surface area (Å²) >= 11 is 0. The van der Waals surface area contributed by atoms with Crippen LogP contribution in [0.15, 0.2) is 46.6 Å². The molecule has 0 spiro atoms. The first-order chi connectivity index (χ1) is 6.75. The zero-order chi connectivity index (χ0) is 9.97. The molecule has 0 fully saturated rings. The number of aliphatic hydroxyl groups excluding tert-OH is 1. The Balaban J connectivity index is 2.32. The molecule has 0 bridgehead atoms. The molecule has 1 aromatic heterocycles. The molecule has 0 aromatic carbocycles. The smallest absolute Gasteiger partial charge is 0.130 e. The lowest BCUT2D eigenvalue weighted by atomic mass is 10.1. The lowest BCUT2D eigenvalue weighted by Gasteiger charge is -1.97. The van der Waals surface area contributed by atoms with Crippen molar-refractivity contribution in [1.29, 1.82) is 0 Å². The summed E-state index contributed by atoms with van der Waals surface area (Å²) in [6.07, 6.45) is 7.96. The summed E-state index contributed by atoms with van der Waals surface area (Å²) < 4.78 is 5.50. The van der Waals surface area contributed by atoms with Gasteiger partial charge in [0.2, 0.25) is 0 Å². The molecule has 2 rings (SSSR count). The van der Waals surface area contributed by atoms with Crippen molar-refractivity contribution in [3.63, 3.8) is 0 Å². The van der Waals surface area contributed by atoms with E-state index < -0.39 is 0 Å². The van der Waals surface area contributed by atoms with Crippen LogP contribution in [0.4, 0.5) is 0 Å². The monoisotopic (exact) mass is 188 g/mol. The van der Waals surface area contributed by atoms with Crippen molar-refractivity contribution in [2.24, 2.45) is 0 Å². The number of aryl methyl sites for hydroxylation is 1. The topological polar surface area (TPSA) is 33.4 Å². The van der Waals surface area contributed by atoms with E-state index in [-0.39, 0.29) is 5.76 Å². The van der Waals surface area contributed by atoms with Crippen LogP contribution in [0.2, 0.25) is 0 Å². The molecule has 1 heterocycles. The van der Waals surface area contributed by atoms with Crippen LogP contribution in [0, 0.1) is 6.92 Å². The Morgan fingerprint density at radius 3 is 2.86 bits per heavy atom. The van der Waals surface area contributed by atoms with Gasteiger partial charge in [0, 0.05) is 0 Å². The van der Waals surface area contributed by atoms with Crippen molar-refractivity contribution in [3.05, 3.63) is 53.7 Å². The number of hydrogen-bond acceptors (Lipinski definition) is 2. The van der Waals surface area contributed by atoms with Gasteiger partial charge < -0.3 is 9.52 Å². The van der Waals surface area contributed by atoms with E-state index in [4.69, 9.17) is 4.42 Å². The molecule has 0 unspecified atom stereocenters. The van der Waals surface area contributed by atoms with Gasteiger partial charge in [0.1, 0.15) is 17.3 Å². The molecule has 2 nitrogen and oxygen atoms in total. The maximum Gasteiger partial charge on any atom is 0.130 e. The summed E-state index contributed by atoms with van der Waals surface area (Å²) in [4.78, 5) is 0. The fraction of sp³-hybridized carbons (Fsp3) is 0.167. The van der Waals surface area contributed by atoms with Crippen molar-refractivity contribution < 1.29 is 9.52 Å². The van der Waals surface area contributed by atoms with Gasteiger partial charge in [0.15, 0.2) is 0 Å². The van der Waals surface area contributed by atoms with Crippen LogP contribution in [0.25, 0.3) is 5.57 Å². The molecule has 0 saturated carbocycles. The molecule has 2 heteroatoms. The summed E-state index contributed by atoms with van der Waals surface area (Å²) in [5, 5.41) is 9.26. The molecule has 0 saturated heterocycles. The number of furan rings is 1. The van der Waals surface area contributed by atoms with Crippen LogP contribution in [-0.2, 0) is 0 Å². The van der Waals surface area contributed by atoms with Gasteiger partial charge in [-0.15, -0.1) is 0 Å². The lowest BCUT2D eigenvalue weighted by molar-refractivity contribution is 0.432. The fourth-order valence-electron chi connectivity index (χ4n) is 1.41. The van der Waals surface area contributed by atoms with E-state index in [1.54, 1.807) is 12.2 Å². The van der Waals surface area contributed by atoms with Gasteiger partial charge in [-0.1, -0.05) is 12.2 Å². The maximum absolute atomic E-state index is 9.26. The number of rotatable bonds is 1. The maximum atomic E-state index is 9.26. The van der Waals surface area contributed by atoms with Gasteiger partial charge in [0.25, 0.3) is 0 Å². The highest BCUT2D eigenvalue weighted by Crippen LogP contribution is 2.23. The fourth-order valence-corrected chi connectivity index (χ4v) is 1.41. The van der Waals surface area contributed by atoms with Crippen molar-refractivity contribution in [2.75, 3.05) is 0 Å². The van der Waals surface area contributed by atoms with Gasteiger partial charge in [-0.3, -0.25) is 0 Å². The largest absolute Gasteiger partial charge is 0.508 e. The third kappa shape index (κ3) is 1.79. The van der Waals surface area contributed by atoms with Crippen LogP contribution in [0.5, 0.6) is 0 Å². The van der Waals surface area contributed by atoms with Gasteiger partial charge >= 0.3 is 0 Å². The zero-order valence-electron chi connectivity index (χ0n) is 8.03. The molecule has 1 aliphatic rings. The quantitative estimate of drug-likeness (QED) is 0.733. The van der Waals surface area contributed by atoms with E-state index in [0.717, 1.165) is 23.5 Å². The predicted molar refractivity (Wildman–Crippen MR) is 55.9 cm³/mol. The van der Waals surface area contributed by atoms with Crippen LogP contribution < -0.4 is 0 Å². The van der Waals surface area contributed by atoms with E-state index in [0.29, 0.717) is 0 Å². The Bertz CT molecular complexity index is 419. The van der Waals surface area contributed by atoms with E-state index in [2.05, 4.69) is 0 Å². The normalized spacial score (nSPS) is 16.1. The highest BCUT2D eigenvalue weighted by Gasteiger charge is 2.05. The first kappa shape index (κ1) is 8.88. The summed E-state index contributed by atoms with van der Waals surface area (Å²) in [6, 6.07) is 3.89. The van der Waals surface area contributed by atoms with E-state index in [1.165, 1.54) is 0 Å². The van der Waals surface area contributed by atoms with Crippen LogP contribution in [-0.4, -0.2) is 5.11 Å². The third-order valence-electron chi connectivity index (χ3n) is 2.14. The third-order valence-corrected chi connectivity index (χ3v) is 2.14. The summed E-state index contributed by atoms with van der Waals surface area (Å²) in [6.45, 7) is 1.92. The first-order valence-corrected chi connectivity index (χ1v) is 4.59. The number of allylic oxidation sites excluding steroid dienone is 5. The number of aliphatic hydroxyl groups is 1. The minimum Gasteiger partial charge on any atom is -0.508 e. The molecular formula is C12H12O2. The molecule has 1 N–H and O–H groups in total. The molecule has 14 heavy (non-hydrogen) atoms. The van der Waals surface area contributed by atoms with Gasteiger partial charge in [0.05, 0.1) is 0 Å². The van der Waals surface area contributed by atoms with Gasteiger partial charge in [-0.05, 0) is 43.2 Å². The van der Waals surface area contributed by atoms with Crippen LogP contribution >= 0.6 is 0 Å². The molecule has 0 amide bonds. The van der Waals surface area contributed by atoms with Crippen molar-refractivity contribution in [2.45, 2.75) is 13.3 Å². The van der Waals surface area contributed by atoms with Crippen molar-refractivity contribution in [3.8, 4) is 0 Å². The van der Waals surface area contributed by atoms with Gasteiger partial charge in [-0.2, -0.15) is 0 Å². The Kier molecular flexibility index (Phi) is 2.27. The second-order valence-electron chi connectivity index (χ2n) is 3.30. The molecule has 0 atom stereocenters. The zero-order valence-corrected chi connectivity index (χ0v) is 8.03. The summed E-state index contributed by atoms with van der Waals surface area (Å²) in [5.74, 6) is 2.06. The molecule has 1 aliphatic carbocycles. The Labute approximate surface area is 82.9 Å². The second kappa shape index (κ2) is 3.58. The SMILES string of the molecule is Cc1ccc(C2=CC=C(O)C=CC2)o1. The van der Waals surface area contributed by atoms with E-state index >= 15 is 0 Å². The minimum absolute atomic E-state index is 0.281. The highest BCUT2D eigenvalue weighted by atomic mass is 16.3. The molecule has 1 aromatic rings. The van der Waals surface area contributed by atoms with Crippen LogP contribution in [0.3, 0.4) is 0 Å². The Morgan fingerprint density at radius 1 is 1.29 bits per heavy atom. The Hall–Kier alpha value is -1.70. The standard InChI is InChI=1S/C12H12O2/c1-9-5-8-12(14-9)10-3-2-4-11(13)7-6-10/h2,4-8,13H,3H2,1H3. The number of hydrogen-bond donors (Lipinski definition) is 1. The van der Waals surface area contributed by atoms with Crippen molar-refractivity contribution in [1.82, 2.24) is 0 Å². The predicted octanol–water partition coefficient (Wildman–Crippen LogP) is 3.37. The highest BCUT2D eigenvalue weighted by molar-refractivity contribution is 5.65. The van der Waals surface area contributed by atoms with E-state index in [1.807, 2.05) is 31.2 Å².